The molecular weight excluding hydrogens is 844 g/mol. The molecule has 17 nitrogen and oxygen atoms in total. The van der Waals surface area contributed by atoms with Crippen molar-refractivity contribution in [2.24, 2.45) is 5.11 Å². The fourth-order valence-electron chi connectivity index (χ4n) is 3.68. The molecule has 0 unspecified atom stereocenters. The van der Waals surface area contributed by atoms with Gasteiger partial charge in [0.25, 0.3) is 5.91 Å². The molecule has 0 atom stereocenters. The van der Waals surface area contributed by atoms with E-state index in [0.29, 0.717) is 41.8 Å². The van der Waals surface area contributed by atoms with Crippen LogP contribution in [0, 0.1) is 17.9 Å². The fraction of sp³-hybridized carbons (Fsp3) is 0.167. The van der Waals surface area contributed by atoms with Crippen molar-refractivity contribution in [2.45, 2.75) is 26.7 Å². The Kier molecular flexibility index (Phi) is 19.9. The number of anilines is 2. The Morgan fingerprint density at radius 1 is 0.909 bits per heavy atom. The van der Waals surface area contributed by atoms with E-state index in [4.69, 9.17) is 27.5 Å². The van der Waals surface area contributed by atoms with E-state index >= 15 is 0 Å². The van der Waals surface area contributed by atoms with Gasteiger partial charge in [0.15, 0.2) is 10.8 Å². The largest absolute Gasteiger partial charge is 0.478 e. The van der Waals surface area contributed by atoms with Crippen molar-refractivity contribution in [3.8, 4) is 18.0 Å². The third-order valence-corrected chi connectivity index (χ3v) is 7.05. The molecule has 0 fully saturated rings. The summed E-state index contributed by atoms with van der Waals surface area (Å²) in [6, 6.07) is 19.7. The Morgan fingerprint density at radius 3 is 2.02 bits per heavy atom. The minimum atomic E-state index is -0.982. The van der Waals surface area contributed by atoms with Crippen LogP contribution >= 0.6 is 31.9 Å². The first-order chi connectivity index (χ1) is 26.4. The molecule has 284 valence electrons. The summed E-state index contributed by atoms with van der Waals surface area (Å²) in [5, 5.41) is 22.6. The second-order valence-electron chi connectivity index (χ2n) is 10.1. The molecule has 0 radical (unpaired) electrons. The molecule has 0 saturated heterocycles. The molecule has 1 amide bonds. The molecular formula is C36H35Br2N10O7+. The first kappa shape index (κ1) is 44.6. The fourth-order valence-corrected chi connectivity index (χ4v) is 4.15. The number of nitrogens with zero attached hydrogens (tertiary/aromatic N) is 7. The molecule has 0 aliphatic carbocycles. The number of carbonyl (C=O) groups is 4. The van der Waals surface area contributed by atoms with E-state index in [9.17, 15) is 19.2 Å². The van der Waals surface area contributed by atoms with Crippen molar-refractivity contribution < 1.29 is 33.8 Å². The van der Waals surface area contributed by atoms with Crippen molar-refractivity contribution in [1.82, 2.24) is 29.9 Å². The minimum Gasteiger partial charge on any atom is -0.478 e. The SMILES string of the molecule is C#CCC(=O)OCC.CCOC(=O)Cc1cn(-c2ccc(C(=O)Nc3ccc(Br)cn3)cc2)nn1.N=[N+]=Nc1ccc(C(=O)O)cc1.Nc1ccc(Br)cn1. The normalized spacial score (nSPS) is 9.44. The number of ether oxygens (including phenoxy) is 2. The first-order valence-corrected chi connectivity index (χ1v) is 17.4. The van der Waals surface area contributed by atoms with Gasteiger partial charge in [-0.1, -0.05) is 11.1 Å². The summed E-state index contributed by atoms with van der Waals surface area (Å²) in [5.41, 5.74) is 14.1. The summed E-state index contributed by atoms with van der Waals surface area (Å²) in [6.07, 6.45) is 9.87. The second kappa shape index (κ2) is 24.6. The molecule has 0 spiro atoms. The average molecular weight is 880 g/mol. The summed E-state index contributed by atoms with van der Waals surface area (Å²) in [6.45, 7) is 4.22. The average Bonchev–Trinajstić information content (AvgIpc) is 3.63. The molecule has 5 rings (SSSR count). The quantitative estimate of drug-likeness (QED) is 0.0519. The van der Waals surface area contributed by atoms with Crippen LogP contribution in [0.25, 0.3) is 5.69 Å². The van der Waals surface area contributed by atoms with Crippen LogP contribution in [0.5, 0.6) is 0 Å². The number of nitrogen functional groups attached to an aromatic ring is 1. The number of rotatable bonds is 10. The topological polar surface area (TPSA) is 252 Å². The number of nitrogens with two attached hydrogens (primary N) is 1. The number of terminal acetylenes is 1. The van der Waals surface area contributed by atoms with Crippen LogP contribution in [0.2, 0.25) is 0 Å². The molecule has 3 aromatic heterocycles. The van der Waals surface area contributed by atoms with Gasteiger partial charge in [-0.25, -0.2) is 19.4 Å². The van der Waals surface area contributed by atoms with E-state index in [0.717, 1.165) is 14.6 Å². The van der Waals surface area contributed by atoms with Gasteiger partial charge in [-0.05, 0) is 119 Å². The van der Waals surface area contributed by atoms with E-state index in [1.807, 2.05) is 6.07 Å². The van der Waals surface area contributed by atoms with Crippen molar-refractivity contribution in [2.75, 3.05) is 24.3 Å². The first-order valence-electron chi connectivity index (χ1n) is 15.9. The number of pyridine rings is 2. The lowest BCUT2D eigenvalue weighted by Gasteiger charge is -2.05. The number of esters is 2. The van der Waals surface area contributed by atoms with Gasteiger partial charge in [-0.2, -0.15) is 0 Å². The number of aromatic nitrogens is 5. The third-order valence-electron chi connectivity index (χ3n) is 6.12. The van der Waals surface area contributed by atoms with Crippen molar-refractivity contribution in [3.63, 3.8) is 0 Å². The van der Waals surface area contributed by atoms with Crippen molar-refractivity contribution >= 4 is 73.0 Å². The zero-order chi connectivity index (χ0) is 40.6. The molecule has 5 N–H and O–H groups in total. The molecule has 0 bridgehead atoms. The summed E-state index contributed by atoms with van der Waals surface area (Å²) in [4.78, 5) is 55.2. The maximum absolute atomic E-state index is 12.3. The summed E-state index contributed by atoms with van der Waals surface area (Å²) in [7, 11) is 0. The molecule has 19 heteroatoms. The number of carboxylic acid groups (broad SMARTS) is 1. The zero-order valence-corrected chi connectivity index (χ0v) is 32.6. The van der Waals surface area contributed by atoms with Crippen molar-refractivity contribution in [3.05, 3.63) is 117 Å². The number of aromatic carboxylic acids is 1. The highest BCUT2D eigenvalue weighted by atomic mass is 79.9. The minimum absolute atomic E-state index is 0.0640. The van der Waals surface area contributed by atoms with Gasteiger partial charge in [-0.15, -0.1) is 11.5 Å². The summed E-state index contributed by atoms with van der Waals surface area (Å²) < 4.78 is 12.7. The van der Waals surface area contributed by atoms with Gasteiger partial charge in [0.05, 0.1) is 42.8 Å². The predicted molar refractivity (Wildman–Crippen MR) is 208 cm³/mol. The van der Waals surface area contributed by atoms with E-state index in [1.165, 1.54) is 28.9 Å². The monoisotopic (exact) mass is 877 g/mol. The number of benzene rings is 2. The van der Waals surface area contributed by atoms with Gasteiger partial charge in [-0.3, -0.25) is 14.4 Å². The number of amides is 1. The number of carbonyl (C=O) groups excluding carboxylic acids is 3. The number of halogens is 2. The van der Waals surface area contributed by atoms with E-state index in [1.54, 1.807) is 74.9 Å². The Hall–Kier alpha value is -6.61. The van der Waals surface area contributed by atoms with Gasteiger partial charge in [0.1, 0.15) is 23.6 Å². The van der Waals surface area contributed by atoms with Gasteiger partial charge < -0.3 is 25.6 Å². The Labute approximate surface area is 332 Å². The lowest BCUT2D eigenvalue weighted by atomic mass is 10.2. The highest BCUT2D eigenvalue weighted by Crippen LogP contribution is 2.14. The van der Waals surface area contributed by atoms with E-state index in [-0.39, 0.29) is 36.3 Å². The summed E-state index contributed by atoms with van der Waals surface area (Å²) >= 11 is 6.52. The predicted octanol–water partition coefficient (Wildman–Crippen LogP) is 6.35. The number of hydrogen-bond acceptors (Lipinski definition) is 13. The van der Waals surface area contributed by atoms with Crippen LogP contribution in [0.1, 0.15) is 46.7 Å². The van der Waals surface area contributed by atoms with E-state index in [2.05, 4.69) is 78.1 Å². The summed E-state index contributed by atoms with van der Waals surface area (Å²) in [5.74, 6) is 1.27. The van der Waals surface area contributed by atoms with Crippen molar-refractivity contribution in [1.29, 1.82) is 5.53 Å². The van der Waals surface area contributed by atoms with E-state index < -0.39 is 5.97 Å². The molecule has 0 saturated carbocycles. The molecule has 0 aliphatic heterocycles. The molecule has 0 aliphatic rings. The number of hydrogen-bond donors (Lipinski definition) is 4. The maximum atomic E-state index is 12.3. The van der Waals surface area contributed by atoms with Crippen LogP contribution in [-0.2, 0) is 25.5 Å². The van der Waals surface area contributed by atoms with Crippen LogP contribution < -0.4 is 16.0 Å². The van der Waals surface area contributed by atoms with Gasteiger partial charge in [0, 0.05) is 26.9 Å². The van der Waals surface area contributed by atoms with Gasteiger partial charge >= 0.3 is 17.9 Å². The number of carboxylic acids is 1. The molecule has 5 aromatic rings. The Morgan fingerprint density at radius 2 is 1.51 bits per heavy atom. The Balaban J connectivity index is 0.000000305. The molecule has 55 heavy (non-hydrogen) atoms. The third kappa shape index (κ3) is 17.6. The maximum Gasteiger partial charge on any atom is 0.335 e. The van der Waals surface area contributed by atoms with Crippen LogP contribution in [0.3, 0.4) is 0 Å². The lowest BCUT2D eigenvalue weighted by molar-refractivity contribution is -0.143. The zero-order valence-electron chi connectivity index (χ0n) is 29.4. The van der Waals surface area contributed by atoms with Gasteiger partial charge in [0.2, 0.25) is 4.91 Å². The lowest BCUT2D eigenvalue weighted by Crippen LogP contribution is -2.12. The van der Waals surface area contributed by atoms with Crippen LogP contribution in [-0.4, -0.2) is 67.1 Å². The highest BCUT2D eigenvalue weighted by molar-refractivity contribution is 9.10. The van der Waals surface area contributed by atoms with Crippen LogP contribution in [0.15, 0.2) is 105 Å². The molecule has 3 heterocycles. The standard InChI is InChI=1S/C18H16BrN5O3.C7H5N3O2.C6H8O2.C5H5BrN2/c1-2-27-17(25)9-14-11-24(23-22-14)15-6-3-12(4-7-15)18(26)21-16-8-5-13(19)10-20-16;8-10-9-6-3-1-5(2-4-6)7(11)12;1-3-5-6(7)8-4-2;6-4-1-2-5(7)8-3-4/h3-8,10-11H,2,9H2,1H3,(H,20,21,26);1-4,8H;1H,4-5H2,2H3;1-3H,(H2,7,8)/p+1. The highest BCUT2D eigenvalue weighted by Gasteiger charge is 2.11. The number of nitrogens with one attached hydrogen (secondary N) is 2. The van der Waals surface area contributed by atoms with Crippen LogP contribution in [0.4, 0.5) is 17.3 Å². The smallest absolute Gasteiger partial charge is 0.335 e. The Bertz CT molecular complexity index is 2040. The second-order valence-corrected chi connectivity index (χ2v) is 12.0. The molecule has 2 aromatic carbocycles.